The standard InChI is InChI=1S/2C18H39N.C3H4O2.ClH/c2*1-4-5-6-7-8-9-10-11-12-13-14-15-16-17-18-19(2)3;1-2-3(4)5;/h2*4-18H2,1-3H3;2H,1H2,(H,4,5);1H. The Balaban J connectivity index is -0.000000309. The van der Waals surface area contributed by atoms with Gasteiger partial charge in [-0.2, -0.15) is 0 Å². The molecule has 0 saturated heterocycles. The van der Waals surface area contributed by atoms with Gasteiger partial charge in [-0.05, 0) is 54.1 Å². The molecule has 0 heterocycles. The van der Waals surface area contributed by atoms with Crippen LogP contribution in [0.4, 0.5) is 0 Å². The Morgan fingerprint density at radius 2 is 0.614 bits per heavy atom. The summed E-state index contributed by atoms with van der Waals surface area (Å²) in [7, 11) is 8.68. The molecule has 0 aromatic carbocycles. The van der Waals surface area contributed by atoms with Gasteiger partial charge in [-0.25, -0.2) is 4.79 Å². The van der Waals surface area contributed by atoms with Crippen LogP contribution in [0, 0.1) is 0 Å². The average molecular weight is 648 g/mol. The molecule has 0 radical (unpaired) electrons. The minimum absolute atomic E-state index is 0. The minimum atomic E-state index is -0.981. The molecule has 1 N–H and O–H groups in total. The number of nitrogens with zero attached hydrogens (tertiary/aromatic N) is 2. The van der Waals surface area contributed by atoms with Crippen molar-refractivity contribution in [3.8, 4) is 0 Å². The van der Waals surface area contributed by atoms with Crippen LogP contribution in [0.15, 0.2) is 12.7 Å². The van der Waals surface area contributed by atoms with Gasteiger partial charge >= 0.3 is 5.97 Å². The van der Waals surface area contributed by atoms with Crippen molar-refractivity contribution < 1.29 is 9.90 Å². The highest BCUT2D eigenvalue weighted by atomic mass is 35.5. The van der Waals surface area contributed by atoms with Gasteiger partial charge < -0.3 is 14.9 Å². The number of unbranched alkanes of at least 4 members (excludes halogenated alkanes) is 26. The molecule has 0 aromatic rings. The van der Waals surface area contributed by atoms with Crippen LogP contribution in [0.2, 0.25) is 0 Å². The molecule has 0 aromatic heterocycles. The van der Waals surface area contributed by atoms with Gasteiger partial charge in [-0.1, -0.05) is 187 Å². The Morgan fingerprint density at radius 1 is 0.455 bits per heavy atom. The Morgan fingerprint density at radius 3 is 0.750 bits per heavy atom. The van der Waals surface area contributed by atoms with E-state index in [1.54, 1.807) is 0 Å². The normalized spacial score (nSPS) is 10.5. The van der Waals surface area contributed by atoms with E-state index in [2.05, 4.69) is 58.4 Å². The lowest BCUT2D eigenvalue weighted by Crippen LogP contribution is -2.12. The molecule has 0 atom stereocenters. The van der Waals surface area contributed by atoms with E-state index < -0.39 is 5.97 Å². The molecule has 0 spiro atoms. The molecule has 0 aliphatic carbocycles. The quantitative estimate of drug-likeness (QED) is 0.0601. The fraction of sp³-hybridized carbons (Fsp3) is 0.923. The molecule has 0 aliphatic heterocycles. The average Bonchev–Trinajstić information content (AvgIpc) is 2.98. The lowest BCUT2D eigenvalue weighted by Gasteiger charge is -2.08. The first-order valence-electron chi connectivity index (χ1n) is 19.0. The van der Waals surface area contributed by atoms with Gasteiger partial charge in [0.15, 0.2) is 0 Å². The van der Waals surface area contributed by atoms with Crippen molar-refractivity contribution in [2.24, 2.45) is 0 Å². The topological polar surface area (TPSA) is 43.8 Å². The summed E-state index contributed by atoms with van der Waals surface area (Å²) in [5.74, 6) is -0.981. The minimum Gasteiger partial charge on any atom is -0.478 e. The summed E-state index contributed by atoms with van der Waals surface area (Å²) in [4.78, 5) is 13.8. The van der Waals surface area contributed by atoms with Gasteiger partial charge in [0.2, 0.25) is 0 Å². The highest BCUT2D eigenvalue weighted by Crippen LogP contribution is 2.14. The summed E-state index contributed by atoms with van der Waals surface area (Å²) in [6.07, 6.45) is 41.5. The summed E-state index contributed by atoms with van der Waals surface area (Å²) >= 11 is 0. The number of aliphatic carboxylic acids is 1. The highest BCUT2D eigenvalue weighted by molar-refractivity contribution is 5.85. The second-order valence-electron chi connectivity index (χ2n) is 13.3. The van der Waals surface area contributed by atoms with Crippen molar-refractivity contribution in [1.29, 1.82) is 0 Å². The first-order valence-corrected chi connectivity index (χ1v) is 19.0. The highest BCUT2D eigenvalue weighted by Gasteiger charge is 1.96. The van der Waals surface area contributed by atoms with Crippen LogP contribution in [0.1, 0.15) is 194 Å². The molecule has 0 unspecified atom stereocenters. The van der Waals surface area contributed by atoms with Gasteiger partial charge in [0.05, 0.1) is 0 Å². The number of carboxylic acid groups (broad SMARTS) is 1. The number of rotatable bonds is 31. The van der Waals surface area contributed by atoms with E-state index in [1.165, 1.54) is 193 Å². The summed E-state index contributed by atoms with van der Waals surface area (Å²) < 4.78 is 0. The van der Waals surface area contributed by atoms with Crippen molar-refractivity contribution in [3.05, 3.63) is 12.7 Å². The molecule has 0 saturated carbocycles. The molecule has 268 valence electrons. The Bertz CT molecular complexity index is 478. The molecule has 0 aliphatic rings. The van der Waals surface area contributed by atoms with Crippen molar-refractivity contribution in [3.63, 3.8) is 0 Å². The zero-order chi connectivity index (χ0) is 32.7. The van der Waals surface area contributed by atoms with E-state index >= 15 is 0 Å². The lowest BCUT2D eigenvalue weighted by atomic mass is 10.0. The van der Waals surface area contributed by atoms with Gasteiger partial charge in [-0.3, -0.25) is 0 Å². The monoisotopic (exact) mass is 647 g/mol. The molecule has 0 bridgehead atoms. The van der Waals surface area contributed by atoms with Gasteiger partial charge in [0, 0.05) is 6.08 Å². The van der Waals surface area contributed by atoms with E-state index in [0.717, 1.165) is 6.08 Å². The molecule has 4 nitrogen and oxygen atoms in total. The van der Waals surface area contributed by atoms with E-state index in [9.17, 15) is 4.79 Å². The second-order valence-corrected chi connectivity index (χ2v) is 13.3. The molecule has 0 fully saturated rings. The third-order valence-corrected chi connectivity index (χ3v) is 8.09. The number of carbonyl (C=O) groups is 1. The third kappa shape index (κ3) is 60.6. The van der Waals surface area contributed by atoms with E-state index in [-0.39, 0.29) is 12.4 Å². The predicted molar refractivity (Wildman–Crippen MR) is 203 cm³/mol. The van der Waals surface area contributed by atoms with Gasteiger partial charge in [0.1, 0.15) is 0 Å². The van der Waals surface area contributed by atoms with Crippen molar-refractivity contribution >= 4 is 18.4 Å². The van der Waals surface area contributed by atoms with E-state index in [4.69, 9.17) is 5.11 Å². The number of hydrogen-bond acceptors (Lipinski definition) is 3. The molecular weight excluding hydrogens is 564 g/mol. The van der Waals surface area contributed by atoms with Crippen LogP contribution in [0.5, 0.6) is 0 Å². The van der Waals surface area contributed by atoms with Crippen LogP contribution in [0.3, 0.4) is 0 Å². The maximum atomic E-state index is 9.25. The Hall–Kier alpha value is -0.580. The molecule has 0 amide bonds. The number of halogens is 1. The second kappa shape index (κ2) is 46.8. The molecule has 5 heteroatoms. The fourth-order valence-corrected chi connectivity index (χ4v) is 5.25. The maximum absolute atomic E-state index is 9.25. The van der Waals surface area contributed by atoms with Gasteiger partial charge in [-0.15, -0.1) is 12.4 Å². The van der Waals surface area contributed by atoms with Crippen molar-refractivity contribution in [2.45, 2.75) is 194 Å². The van der Waals surface area contributed by atoms with Crippen molar-refractivity contribution in [1.82, 2.24) is 9.80 Å². The van der Waals surface area contributed by atoms with E-state index in [1.807, 2.05) is 0 Å². The zero-order valence-corrected chi connectivity index (χ0v) is 32.0. The zero-order valence-electron chi connectivity index (χ0n) is 31.2. The lowest BCUT2D eigenvalue weighted by molar-refractivity contribution is -0.131. The smallest absolute Gasteiger partial charge is 0.327 e. The van der Waals surface area contributed by atoms with Crippen LogP contribution in [-0.2, 0) is 4.79 Å². The summed E-state index contributed by atoms with van der Waals surface area (Å²) in [6, 6.07) is 0. The number of hydrogen-bond donors (Lipinski definition) is 1. The maximum Gasteiger partial charge on any atom is 0.327 e. The van der Waals surface area contributed by atoms with Crippen LogP contribution < -0.4 is 0 Å². The van der Waals surface area contributed by atoms with Crippen molar-refractivity contribution in [2.75, 3.05) is 41.3 Å². The predicted octanol–water partition coefficient (Wildman–Crippen LogP) is 12.7. The third-order valence-electron chi connectivity index (χ3n) is 8.09. The first kappa shape index (κ1) is 50.3. The SMILES string of the molecule is C=CC(=O)O.CCCCCCCCCCCCCCCCN(C)C.CCCCCCCCCCCCCCCCN(C)C.Cl. The Kier molecular flexibility index (Phi) is 53.5. The van der Waals surface area contributed by atoms with Crippen LogP contribution >= 0.6 is 12.4 Å². The largest absolute Gasteiger partial charge is 0.478 e. The summed E-state index contributed by atoms with van der Waals surface area (Å²) in [5, 5.41) is 7.60. The molecule has 44 heavy (non-hydrogen) atoms. The van der Waals surface area contributed by atoms with Crippen LogP contribution in [-0.4, -0.2) is 62.2 Å². The summed E-state index contributed by atoms with van der Waals surface area (Å²) in [5.41, 5.74) is 0. The number of carboxylic acids is 1. The van der Waals surface area contributed by atoms with E-state index in [0.29, 0.717) is 0 Å². The molecule has 0 rings (SSSR count). The molecular formula is C39H83ClN2O2. The fourth-order valence-electron chi connectivity index (χ4n) is 5.25. The van der Waals surface area contributed by atoms with Crippen LogP contribution in [0.25, 0.3) is 0 Å². The Labute approximate surface area is 285 Å². The first-order chi connectivity index (χ1) is 20.8. The summed E-state index contributed by atoms with van der Waals surface area (Å²) in [6.45, 7) is 10.1. The van der Waals surface area contributed by atoms with Gasteiger partial charge in [0.25, 0.3) is 0 Å².